The van der Waals surface area contributed by atoms with Crippen molar-refractivity contribution in [2.45, 2.75) is 46.6 Å². The number of rotatable bonds is 8. The van der Waals surface area contributed by atoms with E-state index in [-0.39, 0.29) is 30.1 Å². The van der Waals surface area contributed by atoms with E-state index in [0.29, 0.717) is 11.8 Å². The zero-order valence-corrected chi connectivity index (χ0v) is 17.9. The van der Waals surface area contributed by atoms with Gasteiger partial charge in [-0.15, -0.1) is 24.0 Å². The minimum atomic E-state index is 0. The molecule has 1 fully saturated rings. The molecule has 0 aromatic heterocycles. The van der Waals surface area contributed by atoms with Crippen LogP contribution in [0, 0.1) is 11.8 Å². The summed E-state index contributed by atoms with van der Waals surface area (Å²) in [6, 6.07) is 0. The molecule has 6 heteroatoms. The Morgan fingerprint density at radius 3 is 2.52 bits per heavy atom. The fourth-order valence-electron chi connectivity index (χ4n) is 2.84. The van der Waals surface area contributed by atoms with Crippen molar-refractivity contribution in [3.8, 4) is 0 Å². The summed E-state index contributed by atoms with van der Waals surface area (Å²) >= 11 is 0. The predicted molar refractivity (Wildman–Crippen MR) is 110 cm³/mol. The highest BCUT2D eigenvalue weighted by molar-refractivity contribution is 14.0. The largest absolute Gasteiger partial charge is 0.374 e. The first kappa shape index (κ1) is 22.9. The lowest BCUT2D eigenvalue weighted by molar-refractivity contribution is -0.0284. The van der Waals surface area contributed by atoms with Crippen molar-refractivity contribution < 1.29 is 4.74 Å². The smallest absolute Gasteiger partial charge is 0.191 e. The second-order valence-corrected chi connectivity index (χ2v) is 6.66. The Balaban J connectivity index is 0.00000484. The van der Waals surface area contributed by atoms with Crippen LogP contribution in [0.25, 0.3) is 0 Å². The molecule has 0 saturated carbocycles. The highest BCUT2D eigenvalue weighted by Crippen LogP contribution is 2.07. The van der Waals surface area contributed by atoms with E-state index >= 15 is 0 Å². The van der Waals surface area contributed by atoms with Crippen molar-refractivity contribution in [1.82, 2.24) is 15.5 Å². The van der Waals surface area contributed by atoms with Gasteiger partial charge in [0.2, 0.25) is 0 Å². The van der Waals surface area contributed by atoms with Crippen molar-refractivity contribution in [3.63, 3.8) is 0 Å². The Morgan fingerprint density at radius 2 is 1.96 bits per heavy atom. The molecule has 1 heterocycles. The van der Waals surface area contributed by atoms with Crippen molar-refractivity contribution in [2.75, 3.05) is 46.4 Å². The molecule has 0 spiro atoms. The van der Waals surface area contributed by atoms with Gasteiger partial charge in [0.15, 0.2) is 5.96 Å². The Hall–Kier alpha value is -0.0800. The summed E-state index contributed by atoms with van der Waals surface area (Å²) < 4.78 is 5.87. The monoisotopic (exact) mass is 440 g/mol. The van der Waals surface area contributed by atoms with E-state index in [0.717, 1.165) is 45.3 Å². The van der Waals surface area contributed by atoms with E-state index in [4.69, 9.17) is 4.74 Å². The maximum atomic E-state index is 5.87. The molecule has 1 aliphatic rings. The van der Waals surface area contributed by atoms with Gasteiger partial charge in [-0.2, -0.15) is 0 Å². The second-order valence-electron chi connectivity index (χ2n) is 6.66. The normalized spacial score (nSPS) is 19.8. The minimum absolute atomic E-state index is 0. The van der Waals surface area contributed by atoms with Gasteiger partial charge in [0.05, 0.1) is 12.7 Å². The molecule has 0 aromatic rings. The second kappa shape index (κ2) is 13.2. The molecule has 1 atom stereocenters. The van der Waals surface area contributed by atoms with Crippen LogP contribution in [-0.2, 0) is 4.74 Å². The van der Waals surface area contributed by atoms with Crippen LogP contribution in [0.4, 0.5) is 0 Å². The van der Waals surface area contributed by atoms with Crippen molar-refractivity contribution in [3.05, 3.63) is 0 Å². The zero-order chi connectivity index (χ0) is 16.4. The van der Waals surface area contributed by atoms with E-state index in [1.54, 1.807) is 0 Å². The van der Waals surface area contributed by atoms with Crippen LogP contribution in [0.15, 0.2) is 4.99 Å². The number of hydrogen-bond donors (Lipinski definition) is 2. The molecule has 23 heavy (non-hydrogen) atoms. The van der Waals surface area contributed by atoms with Crippen molar-refractivity contribution in [2.24, 2.45) is 16.8 Å². The van der Waals surface area contributed by atoms with E-state index < -0.39 is 0 Å². The Labute approximate surface area is 160 Å². The molecule has 0 radical (unpaired) electrons. The first-order valence-electron chi connectivity index (χ1n) is 8.87. The van der Waals surface area contributed by atoms with Crippen LogP contribution in [0.3, 0.4) is 0 Å². The molecular weight excluding hydrogens is 403 g/mol. The maximum absolute atomic E-state index is 5.87. The summed E-state index contributed by atoms with van der Waals surface area (Å²) in [6.45, 7) is 14.9. The molecule has 2 N–H and O–H groups in total. The first-order valence-corrected chi connectivity index (χ1v) is 8.87. The number of guanidine groups is 1. The van der Waals surface area contributed by atoms with Crippen molar-refractivity contribution in [1.29, 1.82) is 0 Å². The number of ether oxygens (including phenoxy) is 1. The van der Waals surface area contributed by atoms with Gasteiger partial charge < -0.3 is 15.4 Å². The summed E-state index contributed by atoms with van der Waals surface area (Å²) in [7, 11) is 1.83. The number of aliphatic imine (C=N–C) groups is 1. The quantitative estimate of drug-likeness (QED) is 0.346. The third-order valence-electron chi connectivity index (χ3n) is 4.28. The zero-order valence-electron chi connectivity index (χ0n) is 15.6. The summed E-state index contributed by atoms with van der Waals surface area (Å²) in [6.07, 6.45) is 2.66. The van der Waals surface area contributed by atoms with Gasteiger partial charge in [0, 0.05) is 39.8 Å². The van der Waals surface area contributed by atoms with Gasteiger partial charge in [0.25, 0.3) is 0 Å². The molecule has 1 rings (SSSR count). The van der Waals surface area contributed by atoms with Crippen LogP contribution in [-0.4, -0.2) is 63.3 Å². The van der Waals surface area contributed by atoms with Gasteiger partial charge >= 0.3 is 0 Å². The first-order chi connectivity index (χ1) is 10.6. The summed E-state index contributed by atoms with van der Waals surface area (Å²) in [5.41, 5.74) is 0. The topological polar surface area (TPSA) is 48.9 Å². The van der Waals surface area contributed by atoms with E-state index in [1.807, 2.05) is 7.05 Å². The lowest BCUT2D eigenvalue weighted by atomic mass is 10.0. The van der Waals surface area contributed by atoms with Crippen LogP contribution in [0.2, 0.25) is 0 Å². The van der Waals surface area contributed by atoms with E-state index in [1.165, 1.54) is 12.8 Å². The molecule has 5 nitrogen and oxygen atoms in total. The molecule has 1 saturated heterocycles. The fourth-order valence-corrected chi connectivity index (χ4v) is 2.84. The minimum Gasteiger partial charge on any atom is -0.374 e. The van der Waals surface area contributed by atoms with E-state index in [2.05, 4.69) is 48.2 Å². The molecule has 0 aromatic carbocycles. The average molecular weight is 440 g/mol. The summed E-state index contributed by atoms with van der Waals surface area (Å²) in [4.78, 5) is 6.81. The number of morpholine rings is 1. The molecule has 138 valence electrons. The van der Waals surface area contributed by atoms with E-state index in [9.17, 15) is 0 Å². The molecule has 0 bridgehead atoms. The lowest BCUT2D eigenvalue weighted by Crippen LogP contribution is -2.50. The average Bonchev–Trinajstić information content (AvgIpc) is 2.51. The molecular formula is C17H37IN4O. The summed E-state index contributed by atoms with van der Waals surface area (Å²) in [5.74, 6) is 2.31. The summed E-state index contributed by atoms with van der Waals surface area (Å²) in [5, 5.41) is 6.83. The SMILES string of the molecule is CCC(CC)CNC(=NC)NCC1CN(CC(C)C)CCO1.I. The van der Waals surface area contributed by atoms with Gasteiger partial charge in [-0.25, -0.2) is 0 Å². The van der Waals surface area contributed by atoms with Crippen LogP contribution >= 0.6 is 24.0 Å². The highest BCUT2D eigenvalue weighted by atomic mass is 127. The number of hydrogen-bond acceptors (Lipinski definition) is 3. The number of halogens is 1. The highest BCUT2D eigenvalue weighted by Gasteiger charge is 2.21. The van der Waals surface area contributed by atoms with Gasteiger partial charge in [-0.1, -0.05) is 40.5 Å². The molecule has 1 unspecified atom stereocenters. The molecule has 1 aliphatic heterocycles. The van der Waals surface area contributed by atoms with Gasteiger partial charge in [-0.3, -0.25) is 9.89 Å². The van der Waals surface area contributed by atoms with Crippen LogP contribution < -0.4 is 10.6 Å². The Morgan fingerprint density at radius 1 is 1.26 bits per heavy atom. The van der Waals surface area contributed by atoms with Crippen LogP contribution in [0.1, 0.15) is 40.5 Å². The predicted octanol–water partition coefficient (Wildman–Crippen LogP) is 2.56. The molecule has 0 aliphatic carbocycles. The third kappa shape index (κ3) is 9.72. The molecule has 0 amide bonds. The lowest BCUT2D eigenvalue weighted by Gasteiger charge is -2.34. The maximum Gasteiger partial charge on any atom is 0.191 e. The Kier molecular flexibility index (Phi) is 13.2. The third-order valence-corrected chi connectivity index (χ3v) is 4.28. The fraction of sp³-hybridized carbons (Fsp3) is 0.941. The Bertz CT molecular complexity index is 322. The van der Waals surface area contributed by atoms with Crippen molar-refractivity contribution >= 4 is 29.9 Å². The number of nitrogens with one attached hydrogen (secondary N) is 2. The standard InChI is InChI=1S/C17H36N4O.HI/c1-6-15(7-2)10-19-17(18-5)20-11-16-13-21(8-9-22-16)12-14(3)4;/h14-16H,6-13H2,1-5H3,(H2,18,19,20);1H. The van der Waals surface area contributed by atoms with Crippen LogP contribution in [0.5, 0.6) is 0 Å². The number of nitrogens with zero attached hydrogens (tertiary/aromatic N) is 2. The van der Waals surface area contributed by atoms with Gasteiger partial charge in [0.1, 0.15) is 0 Å². The van der Waals surface area contributed by atoms with Gasteiger partial charge in [-0.05, 0) is 11.8 Å².